The van der Waals surface area contributed by atoms with Crippen LogP contribution < -0.4 is 5.32 Å². The smallest absolute Gasteiger partial charge is 0.233 e. The Kier molecular flexibility index (Phi) is 6.55. The number of aromatic nitrogens is 1. The van der Waals surface area contributed by atoms with Crippen molar-refractivity contribution in [2.45, 2.75) is 38.0 Å². The summed E-state index contributed by atoms with van der Waals surface area (Å²) in [7, 11) is 0. The van der Waals surface area contributed by atoms with Crippen LogP contribution in [-0.2, 0) is 19.7 Å². The molecular weight excluding hydrogens is 441 g/mol. The molecule has 31 heavy (non-hydrogen) atoms. The first kappa shape index (κ1) is 22.1. The highest BCUT2D eigenvalue weighted by atomic mass is 35.5. The number of benzene rings is 1. The van der Waals surface area contributed by atoms with E-state index in [1.165, 1.54) is 0 Å². The van der Waals surface area contributed by atoms with E-state index < -0.39 is 5.41 Å². The maximum Gasteiger partial charge on any atom is 0.233 e. The number of ether oxygens (including phenoxy) is 1. The zero-order chi connectivity index (χ0) is 22.0. The first-order chi connectivity index (χ1) is 14.9. The molecule has 1 aromatic carbocycles. The quantitative estimate of drug-likeness (QED) is 0.730. The van der Waals surface area contributed by atoms with Gasteiger partial charge in [0, 0.05) is 48.3 Å². The Hall–Kier alpha value is -2.09. The van der Waals surface area contributed by atoms with Crippen molar-refractivity contribution in [1.82, 2.24) is 10.1 Å². The molecule has 0 spiro atoms. The highest BCUT2D eigenvalue weighted by Crippen LogP contribution is 2.41. The largest absolute Gasteiger partial charge is 0.381 e. The Bertz CT molecular complexity index is 963. The van der Waals surface area contributed by atoms with Gasteiger partial charge in [-0.1, -0.05) is 34.4 Å². The minimum atomic E-state index is -0.729. The van der Waals surface area contributed by atoms with E-state index in [0.29, 0.717) is 73.6 Å². The lowest BCUT2D eigenvalue weighted by molar-refractivity contribution is -0.143. The van der Waals surface area contributed by atoms with Crippen molar-refractivity contribution in [3.63, 3.8) is 0 Å². The van der Waals surface area contributed by atoms with Gasteiger partial charge in [0.2, 0.25) is 11.8 Å². The van der Waals surface area contributed by atoms with Crippen LogP contribution in [0.25, 0.3) is 0 Å². The number of carbonyl (C=O) groups excluding carboxylic acids is 2. The van der Waals surface area contributed by atoms with Crippen LogP contribution in [0.3, 0.4) is 0 Å². The molecule has 2 aromatic rings. The van der Waals surface area contributed by atoms with E-state index in [1.807, 2.05) is 11.0 Å². The van der Waals surface area contributed by atoms with Gasteiger partial charge in [0.15, 0.2) is 5.82 Å². The van der Waals surface area contributed by atoms with E-state index in [1.54, 1.807) is 25.1 Å². The number of hydrogen-bond donors (Lipinski definition) is 1. The number of likely N-dealkylation sites (tertiary alicyclic amines) is 1. The average Bonchev–Trinajstić information content (AvgIpc) is 3.18. The van der Waals surface area contributed by atoms with Crippen LogP contribution in [0.4, 0.5) is 5.82 Å². The second-order valence-electron chi connectivity index (χ2n) is 8.20. The summed E-state index contributed by atoms with van der Waals surface area (Å²) in [5.74, 6) is 0.830. The van der Waals surface area contributed by atoms with Crippen molar-refractivity contribution in [2.75, 3.05) is 31.6 Å². The molecule has 7 nitrogen and oxygen atoms in total. The van der Waals surface area contributed by atoms with E-state index in [9.17, 15) is 9.59 Å². The van der Waals surface area contributed by atoms with Gasteiger partial charge in [0.05, 0.1) is 5.41 Å². The van der Waals surface area contributed by atoms with Gasteiger partial charge in [-0.3, -0.25) is 9.59 Å². The molecule has 2 saturated heterocycles. The highest BCUT2D eigenvalue weighted by molar-refractivity contribution is 6.35. The lowest BCUT2D eigenvalue weighted by Crippen LogP contribution is -2.52. The first-order valence-corrected chi connectivity index (χ1v) is 11.2. The zero-order valence-electron chi connectivity index (χ0n) is 17.3. The normalized spacial score (nSPS) is 19.3. The van der Waals surface area contributed by atoms with Crippen LogP contribution in [-0.4, -0.2) is 48.2 Å². The van der Waals surface area contributed by atoms with Crippen molar-refractivity contribution < 1.29 is 18.8 Å². The molecule has 2 fully saturated rings. The number of halogens is 2. The molecule has 4 rings (SSSR count). The predicted octanol–water partition coefficient (Wildman–Crippen LogP) is 4.22. The number of nitrogens with one attached hydrogen (secondary N) is 1. The van der Waals surface area contributed by atoms with E-state index in [4.69, 9.17) is 32.5 Å². The molecule has 0 atom stereocenters. The predicted molar refractivity (Wildman–Crippen MR) is 117 cm³/mol. The fourth-order valence-electron chi connectivity index (χ4n) is 4.50. The number of hydrogen-bond acceptors (Lipinski definition) is 5. The number of anilines is 1. The molecule has 1 aromatic heterocycles. The summed E-state index contributed by atoms with van der Waals surface area (Å²) >= 11 is 12.6. The molecule has 1 N–H and O–H groups in total. The fraction of sp³-hybridized carbons (Fsp3) is 0.500. The van der Waals surface area contributed by atoms with Gasteiger partial charge in [-0.15, -0.1) is 0 Å². The Morgan fingerprint density at radius 1 is 1.16 bits per heavy atom. The number of carbonyl (C=O) groups is 2. The molecule has 0 saturated carbocycles. The summed E-state index contributed by atoms with van der Waals surface area (Å²) in [6, 6.07) is 7.00. The van der Waals surface area contributed by atoms with Crippen LogP contribution in [0.15, 0.2) is 28.8 Å². The standard InChI is InChI=1S/C22H25Cl2N3O4/c1-14-12-19(26-31-14)25-20(28)15-4-8-27(9-5-15)21(29)22(6-10-30-11-7-22)17-3-2-16(23)13-18(17)24/h2-3,12-13,15H,4-11H2,1H3,(H,25,26,28). The molecule has 0 unspecified atom stereocenters. The van der Waals surface area contributed by atoms with Gasteiger partial charge in [-0.2, -0.15) is 0 Å². The second-order valence-corrected chi connectivity index (χ2v) is 9.04. The average molecular weight is 466 g/mol. The lowest BCUT2D eigenvalue weighted by atomic mass is 9.72. The topological polar surface area (TPSA) is 84.7 Å². The molecule has 2 aliphatic rings. The molecule has 2 aliphatic heterocycles. The second kappa shape index (κ2) is 9.18. The molecule has 9 heteroatoms. The Labute approximate surface area is 191 Å². The highest BCUT2D eigenvalue weighted by Gasteiger charge is 2.46. The van der Waals surface area contributed by atoms with Crippen molar-refractivity contribution >= 4 is 40.8 Å². The van der Waals surface area contributed by atoms with Crippen LogP contribution >= 0.6 is 23.2 Å². The van der Waals surface area contributed by atoms with Crippen LogP contribution in [0.1, 0.15) is 37.0 Å². The van der Waals surface area contributed by atoms with Crippen molar-refractivity contribution in [2.24, 2.45) is 5.92 Å². The number of aryl methyl sites for hydroxylation is 1. The van der Waals surface area contributed by atoms with Crippen molar-refractivity contribution in [3.8, 4) is 0 Å². The summed E-state index contributed by atoms with van der Waals surface area (Å²) < 4.78 is 10.5. The van der Waals surface area contributed by atoms with Crippen molar-refractivity contribution in [1.29, 1.82) is 0 Å². The number of piperidine rings is 1. The lowest BCUT2D eigenvalue weighted by Gasteiger charge is -2.42. The van der Waals surface area contributed by atoms with Gasteiger partial charge in [-0.05, 0) is 50.3 Å². The van der Waals surface area contributed by atoms with Gasteiger partial charge < -0.3 is 19.5 Å². The monoisotopic (exact) mass is 465 g/mol. The minimum absolute atomic E-state index is 0.0472. The third-order valence-electron chi connectivity index (χ3n) is 6.23. The molecule has 3 heterocycles. The van der Waals surface area contributed by atoms with E-state index in [0.717, 1.165) is 5.56 Å². The molecular formula is C22H25Cl2N3O4. The van der Waals surface area contributed by atoms with E-state index in [2.05, 4.69) is 10.5 Å². The SMILES string of the molecule is Cc1cc(NC(=O)C2CCN(C(=O)C3(c4ccc(Cl)cc4Cl)CCOCC3)CC2)no1. The van der Waals surface area contributed by atoms with Gasteiger partial charge in [0.1, 0.15) is 5.76 Å². The van der Waals surface area contributed by atoms with E-state index in [-0.39, 0.29) is 17.7 Å². The number of nitrogens with zero attached hydrogens (tertiary/aromatic N) is 2. The summed E-state index contributed by atoms with van der Waals surface area (Å²) in [5.41, 5.74) is 0.0703. The summed E-state index contributed by atoms with van der Waals surface area (Å²) in [6.45, 7) is 3.80. The zero-order valence-corrected chi connectivity index (χ0v) is 18.8. The van der Waals surface area contributed by atoms with Gasteiger partial charge >= 0.3 is 0 Å². The molecule has 0 bridgehead atoms. The first-order valence-electron chi connectivity index (χ1n) is 10.5. The number of rotatable bonds is 4. The summed E-state index contributed by atoms with van der Waals surface area (Å²) in [6.07, 6.45) is 2.32. The number of amides is 2. The third-order valence-corrected chi connectivity index (χ3v) is 6.78. The van der Waals surface area contributed by atoms with Crippen molar-refractivity contribution in [3.05, 3.63) is 45.6 Å². The molecule has 2 amide bonds. The Morgan fingerprint density at radius 2 is 1.87 bits per heavy atom. The maximum absolute atomic E-state index is 13.7. The van der Waals surface area contributed by atoms with Crippen LogP contribution in [0, 0.1) is 12.8 Å². The third kappa shape index (κ3) is 4.59. The van der Waals surface area contributed by atoms with Crippen LogP contribution in [0.5, 0.6) is 0 Å². The fourth-order valence-corrected chi connectivity index (χ4v) is 5.09. The molecule has 166 valence electrons. The summed E-state index contributed by atoms with van der Waals surface area (Å²) in [5, 5.41) is 7.64. The Balaban J connectivity index is 1.46. The maximum atomic E-state index is 13.7. The van der Waals surface area contributed by atoms with E-state index >= 15 is 0 Å². The molecule has 0 radical (unpaired) electrons. The summed E-state index contributed by atoms with van der Waals surface area (Å²) in [4.78, 5) is 28.2. The van der Waals surface area contributed by atoms with Crippen LogP contribution in [0.2, 0.25) is 10.0 Å². The van der Waals surface area contributed by atoms with Gasteiger partial charge in [-0.25, -0.2) is 0 Å². The molecule has 0 aliphatic carbocycles. The minimum Gasteiger partial charge on any atom is -0.381 e. The van der Waals surface area contributed by atoms with Gasteiger partial charge in [0.25, 0.3) is 0 Å². The Morgan fingerprint density at radius 3 is 2.48 bits per heavy atom.